The van der Waals surface area contributed by atoms with E-state index in [1.807, 2.05) is 0 Å². The van der Waals surface area contributed by atoms with E-state index in [2.05, 4.69) is 5.10 Å². The summed E-state index contributed by atoms with van der Waals surface area (Å²) in [5.74, 6) is 0.382. The first-order valence-electron chi connectivity index (χ1n) is 5.95. The highest BCUT2D eigenvalue weighted by Gasteiger charge is 2.10. The first kappa shape index (κ1) is 14.3. The number of thioether (sulfide) groups is 1. The number of carbonyl (C=O) groups excluding carboxylic acids is 1. The summed E-state index contributed by atoms with van der Waals surface area (Å²) in [7, 11) is 0. The summed E-state index contributed by atoms with van der Waals surface area (Å²) >= 11 is 1.34. The van der Waals surface area contributed by atoms with Gasteiger partial charge in [-0.05, 0) is 13.0 Å². The summed E-state index contributed by atoms with van der Waals surface area (Å²) in [6.07, 6.45) is 1.64. The number of non-ortho nitro benzene ring substituents is 1. The van der Waals surface area contributed by atoms with Crippen molar-refractivity contribution in [2.24, 2.45) is 0 Å². The minimum Gasteiger partial charge on any atom is -0.465 e. The van der Waals surface area contributed by atoms with Gasteiger partial charge in [-0.1, -0.05) is 0 Å². The number of rotatable bonds is 6. The minimum absolute atomic E-state index is 0.0228. The van der Waals surface area contributed by atoms with Crippen LogP contribution in [0, 0.1) is 10.1 Å². The molecule has 0 aliphatic rings. The van der Waals surface area contributed by atoms with Crippen molar-refractivity contribution in [3.63, 3.8) is 0 Å². The highest BCUT2D eigenvalue weighted by Crippen LogP contribution is 2.21. The van der Waals surface area contributed by atoms with Crippen LogP contribution in [0.1, 0.15) is 6.92 Å². The average Bonchev–Trinajstić information content (AvgIpc) is 2.81. The molecule has 2 rings (SSSR count). The van der Waals surface area contributed by atoms with Crippen LogP contribution in [0.3, 0.4) is 0 Å². The maximum atomic E-state index is 11.2. The lowest BCUT2D eigenvalue weighted by atomic mass is 10.2. The molecule has 0 spiro atoms. The smallest absolute Gasteiger partial charge is 0.315 e. The summed E-state index contributed by atoms with van der Waals surface area (Å²) in [6, 6.07) is 4.58. The van der Waals surface area contributed by atoms with Crippen molar-refractivity contribution in [3.05, 3.63) is 34.5 Å². The third kappa shape index (κ3) is 3.27. The second-order valence-electron chi connectivity index (χ2n) is 3.93. The van der Waals surface area contributed by atoms with E-state index in [0.29, 0.717) is 18.0 Å². The predicted octanol–water partition coefficient (Wildman–Crippen LogP) is 2.20. The highest BCUT2D eigenvalue weighted by atomic mass is 32.2. The molecule has 0 atom stereocenters. The Morgan fingerprint density at radius 3 is 3.05 bits per heavy atom. The van der Waals surface area contributed by atoms with Crippen molar-refractivity contribution in [2.45, 2.75) is 12.8 Å². The lowest BCUT2D eigenvalue weighted by Gasteiger charge is -2.04. The Morgan fingerprint density at radius 1 is 1.55 bits per heavy atom. The fourth-order valence-electron chi connectivity index (χ4n) is 1.69. The van der Waals surface area contributed by atoms with Crippen molar-refractivity contribution < 1.29 is 14.5 Å². The van der Waals surface area contributed by atoms with Gasteiger partial charge in [0.05, 0.1) is 34.9 Å². The molecule has 0 radical (unpaired) electrons. The van der Waals surface area contributed by atoms with Crippen LogP contribution < -0.4 is 0 Å². The second kappa shape index (κ2) is 6.38. The van der Waals surface area contributed by atoms with Crippen LogP contribution >= 0.6 is 11.8 Å². The molecule has 2 aromatic rings. The topological polar surface area (TPSA) is 87.3 Å². The lowest BCUT2D eigenvalue weighted by Crippen LogP contribution is -2.08. The third-order valence-corrected chi connectivity index (χ3v) is 3.44. The van der Waals surface area contributed by atoms with Crippen LogP contribution in [0.2, 0.25) is 0 Å². The van der Waals surface area contributed by atoms with Gasteiger partial charge in [-0.15, -0.1) is 11.8 Å². The van der Waals surface area contributed by atoms with Crippen LogP contribution in [-0.4, -0.2) is 33.0 Å². The van der Waals surface area contributed by atoms with Crippen molar-refractivity contribution >= 4 is 34.3 Å². The quantitative estimate of drug-likeness (QED) is 0.461. The average molecular weight is 295 g/mol. The molecule has 0 aliphatic heterocycles. The Hall–Kier alpha value is -2.09. The van der Waals surface area contributed by atoms with E-state index in [0.717, 1.165) is 5.39 Å². The van der Waals surface area contributed by atoms with Crippen molar-refractivity contribution in [2.75, 3.05) is 12.4 Å². The van der Waals surface area contributed by atoms with Crippen LogP contribution in [0.25, 0.3) is 10.9 Å². The fourth-order valence-corrected chi connectivity index (χ4v) is 2.41. The van der Waals surface area contributed by atoms with E-state index in [1.165, 1.54) is 23.9 Å². The summed E-state index contributed by atoms with van der Waals surface area (Å²) in [5.41, 5.74) is 0.699. The van der Waals surface area contributed by atoms with Gasteiger partial charge in [-0.25, -0.2) is 0 Å². The van der Waals surface area contributed by atoms with Crippen LogP contribution in [-0.2, 0) is 15.4 Å². The van der Waals surface area contributed by atoms with Gasteiger partial charge in [0.1, 0.15) is 0 Å². The molecule has 106 valence electrons. The number of ether oxygens (including phenoxy) is 1. The number of nitro groups is 1. The number of fused-ring (bicyclic) bond motifs is 1. The van der Waals surface area contributed by atoms with Gasteiger partial charge in [0.15, 0.2) is 0 Å². The SMILES string of the molecule is CCOC(=O)CSCn1ncc2ccc([N+](=O)[O-])cc21. The highest BCUT2D eigenvalue weighted by molar-refractivity contribution is 7.98. The summed E-state index contributed by atoms with van der Waals surface area (Å²) in [5, 5.41) is 15.7. The summed E-state index contributed by atoms with van der Waals surface area (Å²) in [4.78, 5) is 21.5. The molecular formula is C12H13N3O4S. The monoisotopic (exact) mass is 295 g/mol. The van der Waals surface area contributed by atoms with Gasteiger partial charge in [-0.2, -0.15) is 5.10 Å². The molecule has 1 aromatic carbocycles. The maximum absolute atomic E-state index is 11.2. The van der Waals surface area contributed by atoms with Crippen molar-refractivity contribution in [1.82, 2.24) is 9.78 Å². The van der Waals surface area contributed by atoms with E-state index in [9.17, 15) is 14.9 Å². The Morgan fingerprint density at radius 2 is 2.35 bits per heavy atom. The fraction of sp³-hybridized carbons (Fsp3) is 0.333. The zero-order valence-corrected chi connectivity index (χ0v) is 11.6. The number of hydrogen-bond donors (Lipinski definition) is 0. The molecule has 7 nitrogen and oxygen atoms in total. The van der Waals surface area contributed by atoms with Crippen molar-refractivity contribution in [3.8, 4) is 0 Å². The molecule has 0 saturated heterocycles. The number of nitro benzene ring substituents is 1. The van der Waals surface area contributed by atoms with Gasteiger partial charge in [0.25, 0.3) is 5.69 Å². The second-order valence-corrected chi connectivity index (χ2v) is 4.88. The molecule has 0 unspecified atom stereocenters. The number of aromatic nitrogens is 2. The van der Waals surface area contributed by atoms with Gasteiger partial charge >= 0.3 is 5.97 Å². The van der Waals surface area contributed by atoms with E-state index in [4.69, 9.17) is 4.74 Å². The largest absolute Gasteiger partial charge is 0.465 e. The lowest BCUT2D eigenvalue weighted by molar-refractivity contribution is -0.384. The number of nitrogens with zero attached hydrogens (tertiary/aromatic N) is 3. The summed E-state index contributed by atoms with van der Waals surface area (Å²) < 4.78 is 6.45. The molecule has 0 bridgehead atoms. The maximum Gasteiger partial charge on any atom is 0.315 e. The molecular weight excluding hydrogens is 282 g/mol. The Bertz CT molecular complexity index is 641. The molecule has 1 aromatic heterocycles. The Kier molecular flexibility index (Phi) is 4.57. The van der Waals surface area contributed by atoms with Gasteiger partial charge in [-0.3, -0.25) is 19.6 Å². The van der Waals surface area contributed by atoms with E-state index >= 15 is 0 Å². The molecule has 0 aliphatic carbocycles. The Labute approximate surface area is 119 Å². The third-order valence-electron chi connectivity index (χ3n) is 2.58. The molecule has 8 heteroatoms. The van der Waals surface area contributed by atoms with E-state index < -0.39 is 4.92 Å². The molecule has 20 heavy (non-hydrogen) atoms. The minimum atomic E-state index is -0.442. The van der Waals surface area contributed by atoms with Crippen LogP contribution in [0.5, 0.6) is 0 Å². The molecule has 1 heterocycles. The first-order valence-corrected chi connectivity index (χ1v) is 7.10. The zero-order chi connectivity index (χ0) is 14.5. The summed E-state index contributed by atoms with van der Waals surface area (Å²) in [6.45, 7) is 2.11. The van der Waals surface area contributed by atoms with Gasteiger partial charge in [0, 0.05) is 17.5 Å². The van der Waals surface area contributed by atoms with Crippen LogP contribution in [0.4, 0.5) is 5.69 Å². The molecule has 0 amide bonds. The normalized spacial score (nSPS) is 10.7. The predicted molar refractivity (Wildman–Crippen MR) is 75.5 cm³/mol. The molecule has 0 N–H and O–H groups in total. The number of esters is 1. The number of hydrogen-bond acceptors (Lipinski definition) is 6. The van der Waals surface area contributed by atoms with E-state index in [-0.39, 0.29) is 17.4 Å². The van der Waals surface area contributed by atoms with Crippen molar-refractivity contribution in [1.29, 1.82) is 0 Å². The molecule has 0 fully saturated rings. The Balaban J connectivity index is 2.08. The standard InChI is InChI=1S/C12H13N3O4S/c1-2-19-12(16)7-20-8-14-11-5-10(15(17)18)4-3-9(11)6-13-14/h3-6H,2,7-8H2,1H3. The number of carbonyl (C=O) groups is 1. The van der Waals surface area contributed by atoms with Crippen LogP contribution in [0.15, 0.2) is 24.4 Å². The van der Waals surface area contributed by atoms with Gasteiger partial charge in [0.2, 0.25) is 0 Å². The molecule has 0 saturated carbocycles. The van der Waals surface area contributed by atoms with Gasteiger partial charge < -0.3 is 4.74 Å². The first-order chi connectivity index (χ1) is 9.61. The number of benzene rings is 1. The zero-order valence-electron chi connectivity index (χ0n) is 10.8. The van der Waals surface area contributed by atoms with E-state index in [1.54, 1.807) is 23.9 Å².